The summed E-state index contributed by atoms with van der Waals surface area (Å²) < 4.78 is 5.37. The van der Waals surface area contributed by atoms with E-state index in [4.69, 9.17) is 4.74 Å². The summed E-state index contributed by atoms with van der Waals surface area (Å²) in [6.45, 7) is 6.75. The number of hydrogen-bond acceptors (Lipinski definition) is 5. The largest absolute Gasteiger partial charge is 0.496 e. The molecule has 27 heavy (non-hydrogen) atoms. The van der Waals surface area contributed by atoms with Crippen molar-refractivity contribution < 1.29 is 9.53 Å². The molecule has 0 saturated heterocycles. The van der Waals surface area contributed by atoms with Crippen LogP contribution >= 0.6 is 11.3 Å². The molecule has 140 valence electrons. The molecule has 1 aromatic heterocycles. The Kier molecular flexibility index (Phi) is 5.86. The third-order valence-corrected chi connectivity index (χ3v) is 5.13. The molecule has 2 aromatic carbocycles. The van der Waals surface area contributed by atoms with Crippen LogP contribution in [0.2, 0.25) is 0 Å². The fraction of sp³-hybridized carbons (Fsp3) is 0.286. The van der Waals surface area contributed by atoms with E-state index >= 15 is 0 Å². The number of nitrogens with zero attached hydrogens (tertiary/aromatic N) is 3. The van der Waals surface area contributed by atoms with Crippen molar-refractivity contribution in [1.82, 2.24) is 10.2 Å². The molecule has 0 saturated carbocycles. The van der Waals surface area contributed by atoms with Gasteiger partial charge in [0.2, 0.25) is 5.13 Å². The molecule has 0 aliphatic carbocycles. The van der Waals surface area contributed by atoms with E-state index in [0.29, 0.717) is 23.0 Å². The van der Waals surface area contributed by atoms with Gasteiger partial charge >= 0.3 is 0 Å². The lowest BCUT2D eigenvalue weighted by molar-refractivity contribution is 0.0980. The van der Waals surface area contributed by atoms with E-state index in [2.05, 4.69) is 24.0 Å². The number of aryl methyl sites for hydroxylation is 1. The zero-order valence-corrected chi connectivity index (χ0v) is 16.8. The number of ether oxygens (including phenoxy) is 1. The van der Waals surface area contributed by atoms with Crippen molar-refractivity contribution in [3.05, 3.63) is 59.7 Å². The van der Waals surface area contributed by atoms with Gasteiger partial charge in [-0.1, -0.05) is 61.6 Å². The summed E-state index contributed by atoms with van der Waals surface area (Å²) in [7, 11) is 1.57. The number of para-hydroxylation sites is 1. The monoisotopic (exact) mass is 381 g/mol. The topological polar surface area (TPSA) is 55.3 Å². The summed E-state index contributed by atoms with van der Waals surface area (Å²) in [5.41, 5.74) is 2.69. The second-order valence-electron chi connectivity index (χ2n) is 6.71. The zero-order valence-electron chi connectivity index (χ0n) is 16.0. The van der Waals surface area contributed by atoms with Crippen LogP contribution in [-0.4, -0.2) is 29.8 Å². The summed E-state index contributed by atoms with van der Waals surface area (Å²) in [5, 5.41) is 10.1. The summed E-state index contributed by atoms with van der Waals surface area (Å²) in [4.78, 5) is 15.0. The van der Waals surface area contributed by atoms with Crippen LogP contribution in [0.4, 0.5) is 5.13 Å². The highest BCUT2D eigenvalue weighted by atomic mass is 32.1. The summed E-state index contributed by atoms with van der Waals surface area (Å²) >= 11 is 1.43. The quantitative estimate of drug-likeness (QED) is 0.614. The Labute approximate surface area is 163 Å². The maximum atomic E-state index is 13.3. The first kappa shape index (κ1) is 19.0. The Balaban J connectivity index is 1.99. The maximum Gasteiger partial charge on any atom is 0.263 e. The van der Waals surface area contributed by atoms with Gasteiger partial charge in [-0.2, -0.15) is 0 Å². The minimum absolute atomic E-state index is 0.131. The third-order valence-electron chi connectivity index (χ3n) is 4.15. The van der Waals surface area contributed by atoms with Crippen LogP contribution in [0.3, 0.4) is 0 Å². The lowest BCUT2D eigenvalue weighted by Gasteiger charge is -2.22. The molecular weight excluding hydrogens is 358 g/mol. The van der Waals surface area contributed by atoms with Crippen LogP contribution in [0.5, 0.6) is 5.75 Å². The Bertz CT molecular complexity index is 936. The van der Waals surface area contributed by atoms with E-state index in [-0.39, 0.29) is 11.8 Å². The molecule has 3 aromatic rings. The standard InChI is InChI=1S/C21H23N3O2S/c1-14(2)13-24(20(25)17-11-7-8-12-18(17)26-4)21-23-22-19(27-21)16-10-6-5-9-15(16)3/h5-12,14H,13H2,1-4H3. The van der Waals surface area contributed by atoms with E-state index < -0.39 is 0 Å². The third kappa shape index (κ3) is 4.17. The van der Waals surface area contributed by atoms with Crippen molar-refractivity contribution in [2.45, 2.75) is 20.8 Å². The van der Waals surface area contributed by atoms with E-state index in [1.807, 2.05) is 43.3 Å². The van der Waals surface area contributed by atoms with E-state index in [1.165, 1.54) is 11.3 Å². The average molecular weight is 382 g/mol. The van der Waals surface area contributed by atoms with Crippen molar-refractivity contribution in [2.24, 2.45) is 5.92 Å². The van der Waals surface area contributed by atoms with E-state index in [0.717, 1.165) is 16.1 Å². The van der Waals surface area contributed by atoms with Gasteiger partial charge < -0.3 is 4.74 Å². The highest BCUT2D eigenvalue weighted by Crippen LogP contribution is 2.32. The van der Waals surface area contributed by atoms with E-state index in [1.54, 1.807) is 24.1 Å². The fourth-order valence-corrected chi connectivity index (χ4v) is 3.77. The van der Waals surface area contributed by atoms with Crippen LogP contribution in [0.25, 0.3) is 10.6 Å². The molecule has 5 nitrogen and oxygen atoms in total. The van der Waals surface area contributed by atoms with Gasteiger partial charge in [-0.25, -0.2) is 0 Å². The van der Waals surface area contributed by atoms with Gasteiger partial charge in [-0.05, 0) is 30.5 Å². The number of hydrogen-bond donors (Lipinski definition) is 0. The number of rotatable bonds is 6. The first-order valence-electron chi connectivity index (χ1n) is 8.85. The van der Waals surface area contributed by atoms with Crippen molar-refractivity contribution in [2.75, 3.05) is 18.6 Å². The summed E-state index contributed by atoms with van der Waals surface area (Å²) in [6.07, 6.45) is 0. The fourth-order valence-electron chi connectivity index (χ4n) is 2.83. The predicted molar refractivity (Wildman–Crippen MR) is 110 cm³/mol. The maximum absolute atomic E-state index is 13.3. The molecule has 6 heteroatoms. The number of aromatic nitrogens is 2. The minimum Gasteiger partial charge on any atom is -0.496 e. The van der Waals surface area contributed by atoms with Gasteiger partial charge in [-0.15, -0.1) is 10.2 Å². The number of carbonyl (C=O) groups is 1. The number of methoxy groups -OCH3 is 1. The normalized spacial score (nSPS) is 10.9. The summed E-state index contributed by atoms with van der Waals surface area (Å²) in [5.74, 6) is 0.711. The van der Waals surface area contributed by atoms with Gasteiger partial charge in [0.1, 0.15) is 10.8 Å². The van der Waals surface area contributed by atoms with Crippen LogP contribution < -0.4 is 9.64 Å². The molecule has 0 bridgehead atoms. The molecule has 0 spiro atoms. The second-order valence-corrected chi connectivity index (χ2v) is 7.67. The molecule has 0 atom stereocenters. The Morgan fingerprint density at radius 1 is 1.11 bits per heavy atom. The Hall–Kier alpha value is -2.73. The molecule has 3 rings (SSSR count). The molecular formula is C21H23N3O2S. The molecule has 1 heterocycles. The minimum atomic E-state index is -0.131. The first-order chi connectivity index (χ1) is 13.0. The lowest BCUT2D eigenvalue weighted by atomic mass is 10.1. The molecule has 0 aliphatic rings. The van der Waals surface area contributed by atoms with Crippen LogP contribution in [-0.2, 0) is 0 Å². The number of benzene rings is 2. The van der Waals surface area contributed by atoms with Crippen molar-refractivity contribution >= 4 is 22.4 Å². The number of anilines is 1. The average Bonchev–Trinajstić information content (AvgIpc) is 3.15. The second kappa shape index (κ2) is 8.31. The molecule has 0 aliphatic heterocycles. The highest BCUT2D eigenvalue weighted by molar-refractivity contribution is 7.18. The number of amides is 1. The van der Waals surface area contributed by atoms with Crippen molar-refractivity contribution in [3.8, 4) is 16.3 Å². The van der Waals surface area contributed by atoms with Crippen LogP contribution in [0.1, 0.15) is 29.8 Å². The van der Waals surface area contributed by atoms with Crippen molar-refractivity contribution in [3.63, 3.8) is 0 Å². The van der Waals surface area contributed by atoms with Crippen molar-refractivity contribution in [1.29, 1.82) is 0 Å². The molecule has 0 fully saturated rings. The number of carbonyl (C=O) groups excluding carboxylic acids is 1. The van der Waals surface area contributed by atoms with Gasteiger partial charge in [0.15, 0.2) is 0 Å². The first-order valence-corrected chi connectivity index (χ1v) is 9.67. The molecule has 0 unspecified atom stereocenters. The molecule has 0 radical (unpaired) electrons. The molecule has 0 N–H and O–H groups in total. The van der Waals surface area contributed by atoms with Crippen LogP contribution in [0, 0.1) is 12.8 Å². The van der Waals surface area contributed by atoms with Gasteiger partial charge in [0.05, 0.1) is 12.7 Å². The lowest BCUT2D eigenvalue weighted by Crippen LogP contribution is -2.34. The van der Waals surface area contributed by atoms with E-state index in [9.17, 15) is 4.79 Å². The van der Waals surface area contributed by atoms with Gasteiger partial charge in [-0.3, -0.25) is 9.69 Å². The predicted octanol–water partition coefficient (Wildman–Crippen LogP) is 4.82. The zero-order chi connectivity index (χ0) is 19.4. The highest BCUT2D eigenvalue weighted by Gasteiger charge is 2.25. The Morgan fingerprint density at radius 3 is 2.52 bits per heavy atom. The van der Waals surface area contributed by atoms with Gasteiger partial charge in [0.25, 0.3) is 5.91 Å². The van der Waals surface area contributed by atoms with Crippen LogP contribution in [0.15, 0.2) is 48.5 Å². The summed E-state index contributed by atoms with van der Waals surface area (Å²) in [6, 6.07) is 15.3. The SMILES string of the molecule is COc1ccccc1C(=O)N(CC(C)C)c1nnc(-c2ccccc2C)s1. The Morgan fingerprint density at radius 2 is 1.81 bits per heavy atom. The van der Waals surface area contributed by atoms with Gasteiger partial charge in [0, 0.05) is 12.1 Å². The molecule has 1 amide bonds. The smallest absolute Gasteiger partial charge is 0.263 e.